The molecule has 2 nitrogen and oxygen atoms in total. The van der Waals surface area contributed by atoms with Gasteiger partial charge in [0.2, 0.25) is 0 Å². The summed E-state index contributed by atoms with van der Waals surface area (Å²) in [5, 5.41) is 3.06. The number of halogens is 4. The van der Waals surface area contributed by atoms with Gasteiger partial charge >= 0.3 is 6.18 Å². The number of alkyl halides is 3. The zero-order valence-electron chi connectivity index (χ0n) is 10.2. The molecule has 2 rings (SSSR count). The minimum atomic E-state index is -4.41. The van der Waals surface area contributed by atoms with Crippen LogP contribution in [0, 0.1) is 5.82 Å². The van der Waals surface area contributed by atoms with E-state index in [4.69, 9.17) is 4.74 Å². The van der Waals surface area contributed by atoms with E-state index >= 15 is 0 Å². The Morgan fingerprint density at radius 1 is 1.26 bits per heavy atom. The van der Waals surface area contributed by atoms with Crippen LogP contribution in [-0.2, 0) is 4.74 Å². The fourth-order valence-corrected chi connectivity index (χ4v) is 1.75. The SMILES string of the molecule is Fc1ccccc1C(CNC1CC1)OCC(F)(F)F. The largest absolute Gasteiger partial charge is 0.411 e. The van der Waals surface area contributed by atoms with Crippen LogP contribution in [0.2, 0.25) is 0 Å². The molecule has 1 aliphatic rings. The summed E-state index contributed by atoms with van der Waals surface area (Å²) in [6.45, 7) is -1.19. The highest BCUT2D eigenvalue weighted by molar-refractivity contribution is 5.20. The van der Waals surface area contributed by atoms with Gasteiger partial charge in [0.15, 0.2) is 0 Å². The molecule has 1 saturated carbocycles. The van der Waals surface area contributed by atoms with Crippen LogP contribution in [0.4, 0.5) is 17.6 Å². The fraction of sp³-hybridized carbons (Fsp3) is 0.538. The van der Waals surface area contributed by atoms with E-state index in [1.807, 2.05) is 0 Å². The number of hydrogen-bond donors (Lipinski definition) is 1. The highest BCUT2D eigenvalue weighted by Crippen LogP contribution is 2.26. The highest BCUT2D eigenvalue weighted by Gasteiger charge is 2.31. The molecule has 1 unspecified atom stereocenters. The quantitative estimate of drug-likeness (QED) is 0.806. The maximum Gasteiger partial charge on any atom is 0.411 e. The van der Waals surface area contributed by atoms with E-state index < -0.39 is 24.7 Å². The molecule has 1 aliphatic carbocycles. The third-order valence-electron chi connectivity index (χ3n) is 2.87. The molecule has 1 fully saturated rings. The second kappa shape index (κ2) is 5.88. The molecule has 0 aromatic heterocycles. The topological polar surface area (TPSA) is 21.3 Å². The molecule has 106 valence electrons. The van der Waals surface area contributed by atoms with E-state index in [0.29, 0.717) is 6.04 Å². The molecule has 0 aliphatic heterocycles. The highest BCUT2D eigenvalue weighted by atomic mass is 19.4. The van der Waals surface area contributed by atoms with Gasteiger partial charge in [0, 0.05) is 18.2 Å². The van der Waals surface area contributed by atoms with E-state index in [9.17, 15) is 17.6 Å². The lowest BCUT2D eigenvalue weighted by Crippen LogP contribution is -2.28. The molecule has 6 heteroatoms. The monoisotopic (exact) mass is 277 g/mol. The third kappa shape index (κ3) is 4.80. The summed E-state index contributed by atoms with van der Waals surface area (Å²) in [5.74, 6) is -0.549. The number of hydrogen-bond acceptors (Lipinski definition) is 2. The van der Waals surface area contributed by atoms with E-state index in [0.717, 1.165) is 12.8 Å². The Balaban J connectivity index is 2.01. The average Bonchev–Trinajstić information content (AvgIpc) is 3.13. The Labute approximate surface area is 108 Å². The summed E-state index contributed by atoms with van der Waals surface area (Å²) in [5.41, 5.74) is 0.153. The second-order valence-corrected chi connectivity index (χ2v) is 4.62. The average molecular weight is 277 g/mol. The first-order valence-corrected chi connectivity index (χ1v) is 6.12. The van der Waals surface area contributed by atoms with Gasteiger partial charge in [0.05, 0.1) is 6.10 Å². The van der Waals surface area contributed by atoms with Crippen LogP contribution in [-0.4, -0.2) is 25.4 Å². The van der Waals surface area contributed by atoms with Crippen LogP contribution >= 0.6 is 0 Å². The lowest BCUT2D eigenvalue weighted by Gasteiger charge is -2.20. The molecule has 0 saturated heterocycles. The standard InChI is InChI=1S/C13H15F4NO/c14-11-4-2-1-3-10(11)12(7-18-9-5-6-9)19-8-13(15,16)17/h1-4,9,12,18H,5-8H2. The molecule has 0 amide bonds. The number of rotatable bonds is 6. The van der Waals surface area contributed by atoms with Gasteiger partial charge in [0.1, 0.15) is 12.4 Å². The van der Waals surface area contributed by atoms with Crippen molar-refractivity contribution < 1.29 is 22.3 Å². The molecule has 1 aromatic rings. The summed E-state index contributed by atoms with van der Waals surface area (Å²) < 4.78 is 55.0. The summed E-state index contributed by atoms with van der Waals surface area (Å²) in [6.07, 6.45) is -3.33. The maximum absolute atomic E-state index is 13.6. The first-order chi connectivity index (χ1) is 8.96. The molecule has 0 bridgehead atoms. The normalized spacial score (nSPS) is 17.5. The van der Waals surface area contributed by atoms with Crippen molar-refractivity contribution in [2.75, 3.05) is 13.2 Å². The van der Waals surface area contributed by atoms with Crippen LogP contribution < -0.4 is 5.32 Å². The Hall–Kier alpha value is -1.14. The van der Waals surface area contributed by atoms with Gasteiger partial charge in [-0.05, 0) is 18.9 Å². The summed E-state index contributed by atoms with van der Waals surface area (Å²) in [6, 6.07) is 6.07. The minimum absolute atomic E-state index is 0.153. The zero-order chi connectivity index (χ0) is 13.9. The van der Waals surface area contributed by atoms with Crippen molar-refractivity contribution >= 4 is 0 Å². The lowest BCUT2D eigenvalue weighted by molar-refractivity contribution is -0.186. The molecule has 1 atom stereocenters. The molecule has 19 heavy (non-hydrogen) atoms. The van der Waals surface area contributed by atoms with E-state index in [2.05, 4.69) is 5.32 Å². The zero-order valence-corrected chi connectivity index (χ0v) is 10.2. The first kappa shape index (κ1) is 14.3. The molecule has 0 radical (unpaired) electrons. The lowest BCUT2D eigenvalue weighted by atomic mass is 10.1. The number of ether oxygens (including phenoxy) is 1. The predicted molar refractivity (Wildman–Crippen MR) is 62.2 cm³/mol. The van der Waals surface area contributed by atoms with Crippen LogP contribution in [0.5, 0.6) is 0 Å². The minimum Gasteiger partial charge on any atom is -0.363 e. The van der Waals surface area contributed by atoms with Crippen molar-refractivity contribution in [3.05, 3.63) is 35.6 Å². The summed E-state index contributed by atoms with van der Waals surface area (Å²) in [7, 11) is 0. The Morgan fingerprint density at radius 2 is 1.95 bits per heavy atom. The predicted octanol–water partition coefficient (Wildman–Crippen LogP) is 3.20. The van der Waals surface area contributed by atoms with Crippen molar-refractivity contribution in [3.63, 3.8) is 0 Å². The molecular weight excluding hydrogens is 262 g/mol. The van der Waals surface area contributed by atoms with E-state index in [1.54, 1.807) is 6.07 Å². The maximum atomic E-state index is 13.6. The van der Waals surface area contributed by atoms with Crippen LogP contribution in [0.15, 0.2) is 24.3 Å². The molecule has 0 spiro atoms. The molecule has 1 aromatic carbocycles. The van der Waals surface area contributed by atoms with Gasteiger partial charge in [-0.15, -0.1) is 0 Å². The van der Waals surface area contributed by atoms with Gasteiger partial charge in [-0.25, -0.2) is 4.39 Å². The van der Waals surface area contributed by atoms with Gasteiger partial charge in [-0.1, -0.05) is 18.2 Å². The van der Waals surface area contributed by atoms with Gasteiger partial charge in [0.25, 0.3) is 0 Å². The fourth-order valence-electron chi connectivity index (χ4n) is 1.75. The first-order valence-electron chi connectivity index (χ1n) is 6.12. The second-order valence-electron chi connectivity index (χ2n) is 4.62. The molecular formula is C13H15F4NO. The number of benzene rings is 1. The van der Waals surface area contributed by atoms with Crippen LogP contribution in [0.3, 0.4) is 0 Å². The van der Waals surface area contributed by atoms with Crippen molar-refractivity contribution in [2.45, 2.75) is 31.2 Å². The van der Waals surface area contributed by atoms with Crippen molar-refractivity contribution in [2.24, 2.45) is 0 Å². The van der Waals surface area contributed by atoms with Gasteiger partial charge < -0.3 is 10.1 Å². The third-order valence-corrected chi connectivity index (χ3v) is 2.87. The van der Waals surface area contributed by atoms with Crippen molar-refractivity contribution in [3.8, 4) is 0 Å². The Morgan fingerprint density at radius 3 is 2.53 bits per heavy atom. The Kier molecular flexibility index (Phi) is 4.42. The van der Waals surface area contributed by atoms with Crippen molar-refractivity contribution in [1.82, 2.24) is 5.32 Å². The Bertz CT molecular complexity index is 417. The van der Waals surface area contributed by atoms with E-state index in [-0.39, 0.29) is 12.1 Å². The van der Waals surface area contributed by atoms with Crippen LogP contribution in [0.1, 0.15) is 24.5 Å². The van der Waals surface area contributed by atoms with Gasteiger partial charge in [-0.3, -0.25) is 0 Å². The number of nitrogens with one attached hydrogen (secondary N) is 1. The smallest absolute Gasteiger partial charge is 0.363 e. The molecule has 0 heterocycles. The van der Waals surface area contributed by atoms with Gasteiger partial charge in [-0.2, -0.15) is 13.2 Å². The van der Waals surface area contributed by atoms with Crippen LogP contribution in [0.25, 0.3) is 0 Å². The van der Waals surface area contributed by atoms with E-state index in [1.165, 1.54) is 18.2 Å². The summed E-state index contributed by atoms with van der Waals surface area (Å²) >= 11 is 0. The molecule has 1 N–H and O–H groups in total. The van der Waals surface area contributed by atoms with Crippen molar-refractivity contribution in [1.29, 1.82) is 0 Å². The summed E-state index contributed by atoms with van der Waals surface area (Å²) in [4.78, 5) is 0.